The molecule has 1 N–H and O–H groups in total. The highest BCUT2D eigenvalue weighted by molar-refractivity contribution is 7.89. The van der Waals surface area contributed by atoms with Gasteiger partial charge in [0, 0.05) is 13.1 Å². The summed E-state index contributed by atoms with van der Waals surface area (Å²) in [6.45, 7) is 4.44. The van der Waals surface area contributed by atoms with E-state index in [1.54, 1.807) is 6.92 Å². The fraction of sp³-hybridized carbons (Fsp3) is 0.538. The fourth-order valence-electron chi connectivity index (χ4n) is 2.89. The molecule has 2 fully saturated rings. The molecule has 3 rings (SSSR count). The summed E-state index contributed by atoms with van der Waals surface area (Å²) in [7, 11) is -3.55. The number of hydrogen-bond acceptors (Lipinski definition) is 3. The zero-order valence-electron chi connectivity index (χ0n) is 10.8. The largest absolute Gasteiger partial charge is 0.316 e. The first kappa shape index (κ1) is 13.0. The standard InChI is InChI=1S/C13H17FN2O2S/c1-9-2-3-12(4-13(9)14)19(17,18)16-7-10-5-15-6-11(10)8-16/h2-4,10-11,15H,5-8H2,1H3/t10-,11+. The van der Waals surface area contributed by atoms with E-state index in [9.17, 15) is 12.8 Å². The average Bonchev–Trinajstić information content (AvgIpc) is 2.93. The topological polar surface area (TPSA) is 49.4 Å². The molecule has 104 valence electrons. The van der Waals surface area contributed by atoms with Gasteiger partial charge in [0.25, 0.3) is 0 Å². The highest BCUT2D eigenvalue weighted by Gasteiger charge is 2.41. The molecule has 0 aliphatic carbocycles. The van der Waals surface area contributed by atoms with Crippen molar-refractivity contribution in [2.24, 2.45) is 11.8 Å². The summed E-state index contributed by atoms with van der Waals surface area (Å²) in [5.74, 6) is 0.317. The molecule has 2 heterocycles. The Morgan fingerprint density at radius 3 is 2.47 bits per heavy atom. The molecule has 0 spiro atoms. The summed E-state index contributed by atoms with van der Waals surface area (Å²) < 4.78 is 40.0. The van der Waals surface area contributed by atoms with Crippen molar-refractivity contribution in [2.75, 3.05) is 26.2 Å². The summed E-state index contributed by atoms with van der Waals surface area (Å²) in [5, 5.41) is 3.27. The Morgan fingerprint density at radius 2 is 1.89 bits per heavy atom. The quantitative estimate of drug-likeness (QED) is 0.880. The maximum absolute atomic E-state index is 13.5. The van der Waals surface area contributed by atoms with E-state index < -0.39 is 15.8 Å². The van der Waals surface area contributed by atoms with Gasteiger partial charge in [-0.05, 0) is 49.5 Å². The molecule has 19 heavy (non-hydrogen) atoms. The van der Waals surface area contributed by atoms with Crippen LogP contribution in [0.1, 0.15) is 5.56 Å². The van der Waals surface area contributed by atoms with Crippen LogP contribution in [-0.4, -0.2) is 38.9 Å². The monoisotopic (exact) mass is 284 g/mol. The fourth-order valence-corrected chi connectivity index (χ4v) is 4.46. The van der Waals surface area contributed by atoms with Gasteiger partial charge >= 0.3 is 0 Å². The average molecular weight is 284 g/mol. The van der Waals surface area contributed by atoms with Crippen LogP contribution >= 0.6 is 0 Å². The second kappa shape index (κ2) is 4.54. The van der Waals surface area contributed by atoms with E-state index in [4.69, 9.17) is 0 Å². The lowest BCUT2D eigenvalue weighted by Gasteiger charge is -2.17. The molecule has 0 bridgehead atoms. The minimum atomic E-state index is -3.55. The molecular formula is C13H17FN2O2S. The van der Waals surface area contributed by atoms with Crippen LogP contribution in [0.4, 0.5) is 4.39 Å². The lowest BCUT2D eigenvalue weighted by atomic mass is 10.0. The third kappa shape index (κ3) is 2.17. The molecule has 2 atom stereocenters. The Balaban J connectivity index is 1.88. The van der Waals surface area contributed by atoms with Crippen molar-refractivity contribution in [1.29, 1.82) is 0 Å². The van der Waals surface area contributed by atoms with Gasteiger partial charge in [-0.1, -0.05) is 6.07 Å². The molecule has 0 aromatic heterocycles. The molecule has 0 radical (unpaired) electrons. The van der Waals surface area contributed by atoms with Gasteiger partial charge in [0.05, 0.1) is 4.90 Å². The van der Waals surface area contributed by atoms with E-state index in [0.717, 1.165) is 19.2 Å². The Morgan fingerprint density at radius 1 is 1.26 bits per heavy atom. The van der Waals surface area contributed by atoms with E-state index in [1.165, 1.54) is 16.4 Å². The predicted octanol–water partition coefficient (Wildman–Crippen LogP) is 0.974. The number of nitrogens with zero attached hydrogens (tertiary/aromatic N) is 1. The molecule has 2 saturated heterocycles. The number of hydrogen-bond donors (Lipinski definition) is 1. The number of benzene rings is 1. The summed E-state index contributed by atoms with van der Waals surface area (Å²) in [6.07, 6.45) is 0. The first-order valence-corrected chi connectivity index (χ1v) is 7.89. The van der Waals surface area contributed by atoms with Crippen molar-refractivity contribution >= 4 is 10.0 Å². The van der Waals surface area contributed by atoms with E-state index in [1.807, 2.05) is 0 Å². The molecule has 0 unspecified atom stereocenters. The molecule has 2 aliphatic heterocycles. The van der Waals surface area contributed by atoms with Crippen LogP contribution in [0.15, 0.2) is 23.1 Å². The van der Waals surface area contributed by atoms with Crippen molar-refractivity contribution in [1.82, 2.24) is 9.62 Å². The van der Waals surface area contributed by atoms with Crippen LogP contribution < -0.4 is 5.32 Å². The maximum atomic E-state index is 13.5. The second-order valence-electron chi connectivity index (χ2n) is 5.41. The van der Waals surface area contributed by atoms with Crippen LogP contribution in [0.25, 0.3) is 0 Å². The van der Waals surface area contributed by atoms with E-state index in [0.29, 0.717) is 30.5 Å². The SMILES string of the molecule is Cc1ccc(S(=O)(=O)N2C[C@H]3CNC[C@H]3C2)cc1F. The predicted molar refractivity (Wildman–Crippen MR) is 69.7 cm³/mol. The second-order valence-corrected chi connectivity index (χ2v) is 7.35. The third-order valence-electron chi connectivity index (χ3n) is 4.14. The van der Waals surface area contributed by atoms with Crippen molar-refractivity contribution < 1.29 is 12.8 Å². The summed E-state index contributed by atoms with van der Waals surface area (Å²) >= 11 is 0. The number of aryl methyl sites for hydroxylation is 1. The van der Waals surface area contributed by atoms with Crippen molar-refractivity contribution in [2.45, 2.75) is 11.8 Å². The van der Waals surface area contributed by atoms with Crippen molar-refractivity contribution in [3.8, 4) is 0 Å². The van der Waals surface area contributed by atoms with E-state index in [-0.39, 0.29) is 4.90 Å². The Bertz CT molecular complexity index is 591. The molecular weight excluding hydrogens is 267 g/mol. The normalized spacial score (nSPS) is 27.7. The van der Waals surface area contributed by atoms with Crippen molar-refractivity contribution in [3.63, 3.8) is 0 Å². The van der Waals surface area contributed by atoms with Gasteiger partial charge in [0.2, 0.25) is 10.0 Å². The first-order chi connectivity index (χ1) is 8.98. The zero-order chi connectivity index (χ0) is 13.6. The lowest BCUT2D eigenvalue weighted by molar-refractivity contribution is 0.447. The molecule has 1 aromatic carbocycles. The van der Waals surface area contributed by atoms with Gasteiger partial charge in [-0.15, -0.1) is 0 Å². The molecule has 1 aromatic rings. The molecule has 0 amide bonds. The summed E-state index contributed by atoms with van der Waals surface area (Å²) in [5.41, 5.74) is 0.460. The van der Waals surface area contributed by atoms with Crippen LogP contribution in [0.2, 0.25) is 0 Å². The Labute approximate surface area is 112 Å². The van der Waals surface area contributed by atoms with E-state index >= 15 is 0 Å². The first-order valence-electron chi connectivity index (χ1n) is 6.45. The molecule has 0 saturated carbocycles. The Hall–Kier alpha value is -0.980. The third-order valence-corrected chi connectivity index (χ3v) is 5.96. The number of halogens is 1. The Kier molecular flexibility index (Phi) is 3.11. The van der Waals surface area contributed by atoms with Gasteiger partial charge in [-0.2, -0.15) is 4.31 Å². The van der Waals surface area contributed by atoms with Crippen LogP contribution in [0.5, 0.6) is 0 Å². The summed E-state index contributed by atoms with van der Waals surface area (Å²) in [4.78, 5) is 0.0588. The van der Waals surface area contributed by atoms with Crippen LogP contribution in [-0.2, 0) is 10.0 Å². The zero-order valence-corrected chi connectivity index (χ0v) is 11.6. The number of nitrogens with one attached hydrogen (secondary N) is 1. The van der Waals surface area contributed by atoms with Crippen LogP contribution in [0.3, 0.4) is 0 Å². The smallest absolute Gasteiger partial charge is 0.243 e. The number of sulfonamides is 1. The van der Waals surface area contributed by atoms with Gasteiger partial charge in [0.1, 0.15) is 5.82 Å². The summed E-state index contributed by atoms with van der Waals surface area (Å²) in [6, 6.07) is 4.12. The number of fused-ring (bicyclic) bond motifs is 1. The molecule has 2 aliphatic rings. The molecule has 4 nitrogen and oxygen atoms in total. The minimum absolute atomic E-state index is 0.0588. The number of rotatable bonds is 2. The van der Waals surface area contributed by atoms with Gasteiger partial charge < -0.3 is 5.32 Å². The highest BCUT2D eigenvalue weighted by atomic mass is 32.2. The van der Waals surface area contributed by atoms with Gasteiger partial charge in [-0.25, -0.2) is 12.8 Å². The maximum Gasteiger partial charge on any atom is 0.243 e. The molecule has 6 heteroatoms. The van der Waals surface area contributed by atoms with Gasteiger partial charge in [0.15, 0.2) is 0 Å². The van der Waals surface area contributed by atoms with Gasteiger partial charge in [-0.3, -0.25) is 0 Å². The lowest BCUT2D eigenvalue weighted by Crippen LogP contribution is -2.32. The minimum Gasteiger partial charge on any atom is -0.316 e. The highest BCUT2D eigenvalue weighted by Crippen LogP contribution is 2.31. The van der Waals surface area contributed by atoms with Crippen molar-refractivity contribution in [3.05, 3.63) is 29.6 Å². The van der Waals surface area contributed by atoms with Crippen LogP contribution in [0, 0.1) is 24.6 Å². The van der Waals surface area contributed by atoms with E-state index in [2.05, 4.69) is 5.32 Å².